The molecule has 1 aromatic heterocycles. The van der Waals surface area contributed by atoms with E-state index < -0.39 is 22.6 Å². The predicted molar refractivity (Wildman–Crippen MR) is 133 cm³/mol. The van der Waals surface area contributed by atoms with Crippen molar-refractivity contribution in [1.29, 1.82) is 0 Å². The first-order chi connectivity index (χ1) is 16.4. The maximum Gasteiger partial charge on any atom is 0.332 e. The minimum atomic E-state index is -0.640. The second-order valence-corrected chi connectivity index (χ2v) is 8.85. The van der Waals surface area contributed by atoms with Gasteiger partial charge in [-0.15, -0.1) is 0 Å². The first-order valence-corrected chi connectivity index (χ1v) is 10.8. The number of hydrogen-bond donors (Lipinski definition) is 3. The summed E-state index contributed by atoms with van der Waals surface area (Å²) in [6, 6.07) is 9.32. The molecule has 184 valence electrons. The van der Waals surface area contributed by atoms with Gasteiger partial charge < -0.3 is 20.1 Å². The number of carbonyl (C=O) groups is 2. The van der Waals surface area contributed by atoms with E-state index in [4.69, 9.17) is 9.47 Å². The van der Waals surface area contributed by atoms with Crippen molar-refractivity contribution in [2.75, 3.05) is 24.9 Å². The van der Waals surface area contributed by atoms with E-state index in [1.54, 1.807) is 24.3 Å². The van der Waals surface area contributed by atoms with E-state index in [1.807, 2.05) is 20.8 Å². The van der Waals surface area contributed by atoms with Gasteiger partial charge >= 0.3 is 5.69 Å². The van der Waals surface area contributed by atoms with E-state index in [2.05, 4.69) is 15.6 Å². The van der Waals surface area contributed by atoms with Gasteiger partial charge in [-0.05, 0) is 35.7 Å². The highest BCUT2D eigenvalue weighted by molar-refractivity contribution is 6.08. The van der Waals surface area contributed by atoms with Crippen LogP contribution >= 0.6 is 0 Å². The van der Waals surface area contributed by atoms with E-state index in [1.165, 1.54) is 44.0 Å². The van der Waals surface area contributed by atoms with Crippen molar-refractivity contribution in [3.8, 4) is 17.2 Å². The number of hydrogen-bond acceptors (Lipinski definition) is 6. The molecule has 35 heavy (non-hydrogen) atoms. The van der Waals surface area contributed by atoms with Crippen molar-refractivity contribution in [2.24, 2.45) is 0 Å². The summed E-state index contributed by atoms with van der Waals surface area (Å²) in [6.07, 6.45) is 1.34. The zero-order chi connectivity index (χ0) is 25.9. The Hall–Kier alpha value is -4.34. The molecule has 10 nitrogen and oxygen atoms in total. The van der Waals surface area contributed by atoms with Crippen molar-refractivity contribution >= 4 is 23.2 Å². The summed E-state index contributed by atoms with van der Waals surface area (Å²) in [6.45, 7) is 7.23. The van der Waals surface area contributed by atoms with Crippen LogP contribution < -0.4 is 31.4 Å². The van der Waals surface area contributed by atoms with Gasteiger partial charge in [0.05, 0.1) is 31.2 Å². The molecule has 1 heterocycles. The largest absolute Gasteiger partial charge is 0.496 e. The van der Waals surface area contributed by atoms with E-state index in [-0.39, 0.29) is 11.5 Å². The zero-order valence-electron chi connectivity index (χ0n) is 20.4. The third-order valence-electron chi connectivity index (χ3n) is 5.20. The van der Waals surface area contributed by atoms with Crippen molar-refractivity contribution in [3.05, 3.63) is 74.6 Å². The van der Waals surface area contributed by atoms with Crippen LogP contribution in [0.3, 0.4) is 0 Å². The summed E-state index contributed by atoms with van der Waals surface area (Å²) in [7, 11) is 2.93. The lowest BCUT2D eigenvalue weighted by atomic mass is 9.84. The summed E-state index contributed by atoms with van der Waals surface area (Å²) >= 11 is 0. The second kappa shape index (κ2) is 9.88. The SMILES string of the molecule is COc1ccc(NC(C)=O)cc1NC(=O)c1cc(-n2ccc(=O)[nH]c2=O)cc(C(C)(C)C)c1OC. The summed E-state index contributed by atoms with van der Waals surface area (Å²) in [4.78, 5) is 51.2. The van der Waals surface area contributed by atoms with Gasteiger partial charge in [-0.2, -0.15) is 0 Å². The van der Waals surface area contributed by atoms with Gasteiger partial charge in [-0.3, -0.25) is 23.9 Å². The molecule has 0 saturated heterocycles. The van der Waals surface area contributed by atoms with Crippen molar-refractivity contribution < 1.29 is 19.1 Å². The normalized spacial score (nSPS) is 11.0. The summed E-state index contributed by atoms with van der Waals surface area (Å²) in [5.41, 5.74) is 0.407. The molecule has 2 amide bonds. The van der Waals surface area contributed by atoms with Gasteiger partial charge in [0.15, 0.2) is 0 Å². The Bertz CT molecular complexity index is 1400. The molecule has 3 N–H and O–H groups in total. The molecular weight excluding hydrogens is 452 g/mol. The lowest BCUT2D eigenvalue weighted by Crippen LogP contribution is -2.28. The number of amides is 2. The van der Waals surface area contributed by atoms with Crippen molar-refractivity contribution in [2.45, 2.75) is 33.1 Å². The minimum absolute atomic E-state index is 0.167. The molecule has 3 rings (SSSR count). The second-order valence-electron chi connectivity index (χ2n) is 8.85. The lowest BCUT2D eigenvalue weighted by Gasteiger charge is -2.25. The molecule has 0 aliphatic heterocycles. The van der Waals surface area contributed by atoms with Gasteiger partial charge in [0, 0.05) is 30.4 Å². The van der Waals surface area contributed by atoms with E-state index >= 15 is 0 Å². The van der Waals surface area contributed by atoms with Crippen LogP contribution in [0.15, 0.2) is 52.2 Å². The Morgan fingerprint density at radius 2 is 1.69 bits per heavy atom. The highest BCUT2D eigenvalue weighted by Crippen LogP contribution is 2.37. The Kier molecular flexibility index (Phi) is 7.14. The molecule has 0 bridgehead atoms. The number of aromatic nitrogens is 2. The average molecular weight is 481 g/mol. The van der Waals surface area contributed by atoms with Crippen LogP contribution in [0.2, 0.25) is 0 Å². The van der Waals surface area contributed by atoms with E-state index in [0.717, 1.165) is 0 Å². The third kappa shape index (κ3) is 5.60. The van der Waals surface area contributed by atoms with Crippen molar-refractivity contribution in [1.82, 2.24) is 9.55 Å². The molecule has 0 radical (unpaired) electrons. The topological polar surface area (TPSA) is 132 Å². The molecule has 3 aromatic rings. The molecule has 0 aliphatic carbocycles. The Balaban J connectivity index is 2.18. The van der Waals surface area contributed by atoms with Gasteiger partial charge in [0.2, 0.25) is 5.91 Å². The number of methoxy groups -OCH3 is 2. The van der Waals surface area contributed by atoms with Crippen LogP contribution in [0.5, 0.6) is 11.5 Å². The predicted octanol–water partition coefficient (Wildman–Crippen LogP) is 3.05. The van der Waals surface area contributed by atoms with E-state index in [9.17, 15) is 19.2 Å². The minimum Gasteiger partial charge on any atom is -0.496 e. The van der Waals surface area contributed by atoms with Crippen molar-refractivity contribution in [3.63, 3.8) is 0 Å². The maximum absolute atomic E-state index is 13.5. The number of nitrogens with zero attached hydrogens (tertiary/aromatic N) is 1. The fraction of sp³-hybridized carbons (Fsp3) is 0.280. The molecule has 0 atom stereocenters. The smallest absolute Gasteiger partial charge is 0.332 e. The van der Waals surface area contributed by atoms with Gasteiger partial charge in [0.1, 0.15) is 11.5 Å². The first kappa shape index (κ1) is 25.3. The number of rotatable bonds is 6. The number of nitrogens with one attached hydrogen (secondary N) is 3. The number of benzene rings is 2. The highest BCUT2D eigenvalue weighted by Gasteiger charge is 2.26. The van der Waals surface area contributed by atoms with E-state index in [0.29, 0.717) is 34.1 Å². The summed E-state index contributed by atoms with van der Waals surface area (Å²) < 4.78 is 12.2. The molecular formula is C25H28N4O6. The Morgan fingerprint density at radius 3 is 2.26 bits per heavy atom. The Morgan fingerprint density at radius 1 is 0.971 bits per heavy atom. The van der Waals surface area contributed by atoms with Crippen LogP contribution in [0.4, 0.5) is 11.4 Å². The van der Waals surface area contributed by atoms with Crippen LogP contribution in [0.1, 0.15) is 43.6 Å². The fourth-order valence-corrected chi connectivity index (χ4v) is 3.60. The third-order valence-corrected chi connectivity index (χ3v) is 5.20. The molecule has 10 heteroatoms. The van der Waals surface area contributed by atoms with Gasteiger partial charge in [-0.25, -0.2) is 4.79 Å². The number of ether oxygens (including phenoxy) is 2. The van der Waals surface area contributed by atoms with Gasteiger partial charge in [-0.1, -0.05) is 20.8 Å². The number of carbonyl (C=O) groups excluding carboxylic acids is 2. The monoisotopic (exact) mass is 480 g/mol. The van der Waals surface area contributed by atoms with Crippen LogP contribution in [0, 0.1) is 0 Å². The molecule has 0 unspecified atom stereocenters. The number of aromatic amines is 1. The molecule has 0 fully saturated rings. The number of H-pyrrole nitrogens is 1. The van der Waals surface area contributed by atoms with Gasteiger partial charge in [0.25, 0.3) is 11.5 Å². The van der Waals surface area contributed by atoms with Crippen LogP contribution in [-0.4, -0.2) is 35.6 Å². The fourth-order valence-electron chi connectivity index (χ4n) is 3.60. The Labute approximate surface area is 201 Å². The molecule has 0 saturated carbocycles. The first-order valence-electron chi connectivity index (χ1n) is 10.8. The summed E-state index contributed by atoms with van der Waals surface area (Å²) in [5.74, 6) is -0.0587. The molecule has 2 aromatic carbocycles. The zero-order valence-corrected chi connectivity index (χ0v) is 20.4. The average Bonchev–Trinajstić information content (AvgIpc) is 2.77. The number of anilines is 2. The van der Waals surface area contributed by atoms with Crippen LogP contribution in [-0.2, 0) is 10.2 Å². The molecule has 0 spiro atoms. The molecule has 0 aliphatic rings. The lowest BCUT2D eigenvalue weighted by molar-refractivity contribution is -0.114. The summed E-state index contributed by atoms with van der Waals surface area (Å²) in [5, 5.41) is 5.47. The van der Waals surface area contributed by atoms with Crippen LogP contribution in [0.25, 0.3) is 5.69 Å². The quantitative estimate of drug-likeness (QED) is 0.497. The maximum atomic E-state index is 13.5. The standard InChI is InChI=1S/C25H28N4O6/c1-14(30)26-15-7-8-20(34-5)19(11-15)27-23(32)17-12-16(29-10-9-21(31)28-24(29)33)13-18(22(17)35-6)25(2,3)4/h7-13H,1-6H3,(H,26,30)(H,27,32)(H,28,31,33). The highest BCUT2D eigenvalue weighted by atomic mass is 16.5.